The Kier molecular flexibility index (Phi) is 4.29. The molecule has 1 rings (SSSR count). The van der Waals surface area contributed by atoms with Gasteiger partial charge in [0.1, 0.15) is 5.82 Å². The zero-order valence-corrected chi connectivity index (χ0v) is 10.6. The summed E-state index contributed by atoms with van der Waals surface area (Å²) >= 11 is 3.20. The molecule has 3 heteroatoms. The molecule has 0 amide bonds. The number of hydrogen-bond acceptors (Lipinski definition) is 1. The van der Waals surface area contributed by atoms with Gasteiger partial charge in [-0.05, 0) is 31.0 Å². The van der Waals surface area contributed by atoms with Gasteiger partial charge in [-0.3, -0.25) is 0 Å². The summed E-state index contributed by atoms with van der Waals surface area (Å²) in [6, 6.07) is 4.93. The lowest BCUT2D eigenvalue weighted by molar-refractivity contribution is 0.0497. The van der Waals surface area contributed by atoms with Crippen LogP contribution in [-0.2, 0) is 6.42 Å². The van der Waals surface area contributed by atoms with Crippen LogP contribution in [0.4, 0.5) is 4.39 Å². The molecule has 1 nitrogen and oxygen atoms in total. The molecule has 1 atom stereocenters. The van der Waals surface area contributed by atoms with E-state index in [4.69, 9.17) is 0 Å². The van der Waals surface area contributed by atoms with E-state index in [0.717, 1.165) is 10.9 Å². The van der Waals surface area contributed by atoms with Gasteiger partial charge >= 0.3 is 0 Å². The first kappa shape index (κ1) is 12.7. The quantitative estimate of drug-likeness (QED) is 0.888. The number of hydrogen-bond donors (Lipinski definition) is 1. The number of benzene rings is 1. The van der Waals surface area contributed by atoms with Crippen LogP contribution in [0.2, 0.25) is 0 Å². The van der Waals surface area contributed by atoms with Gasteiger partial charge < -0.3 is 5.11 Å². The second-order valence-corrected chi connectivity index (χ2v) is 5.08. The van der Waals surface area contributed by atoms with Crippen molar-refractivity contribution in [1.82, 2.24) is 0 Å². The van der Waals surface area contributed by atoms with Crippen molar-refractivity contribution in [3.05, 3.63) is 34.1 Å². The van der Waals surface area contributed by atoms with Crippen LogP contribution in [0.15, 0.2) is 22.7 Å². The highest BCUT2D eigenvalue weighted by atomic mass is 79.9. The van der Waals surface area contributed by atoms with Crippen LogP contribution in [0.3, 0.4) is 0 Å². The van der Waals surface area contributed by atoms with Gasteiger partial charge in [0.05, 0.1) is 5.60 Å². The van der Waals surface area contributed by atoms with Gasteiger partial charge in [0.2, 0.25) is 0 Å². The van der Waals surface area contributed by atoms with E-state index in [2.05, 4.69) is 15.9 Å². The minimum atomic E-state index is -0.816. The fraction of sp³-hybridized carbons (Fsp3) is 0.500. The van der Waals surface area contributed by atoms with E-state index in [9.17, 15) is 9.50 Å². The minimum Gasteiger partial charge on any atom is -0.390 e. The van der Waals surface area contributed by atoms with Gasteiger partial charge in [-0.2, -0.15) is 0 Å². The second kappa shape index (κ2) is 5.08. The average molecular weight is 275 g/mol. The standard InChI is InChI=1S/C12H16BrFO/c1-3-6-12(2,15)8-9-4-5-10(13)7-11(9)14/h4-5,7,15H,3,6,8H2,1-2H3. The molecular weight excluding hydrogens is 259 g/mol. The molecule has 84 valence electrons. The summed E-state index contributed by atoms with van der Waals surface area (Å²) in [5.74, 6) is -0.263. The molecule has 0 aliphatic heterocycles. The van der Waals surface area contributed by atoms with Crippen molar-refractivity contribution in [2.75, 3.05) is 0 Å². The Bertz CT molecular complexity index is 336. The van der Waals surface area contributed by atoms with E-state index < -0.39 is 5.60 Å². The largest absolute Gasteiger partial charge is 0.390 e. The van der Waals surface area contributed by atoms with Crippen LogP contribution >= 0.6 is 15.9 Å². The van der Waals surface area contributed by atoms with Crippen LogP contribution in [0.1, 0.15) is 32.3 Å². The maximum Gasteiger partial charge on any atom is 0.127 e. The molecule has 0 bridgehead atoms. The fourth-order valence-corrected chi connectivity index (χ4v) is 2.04. The summed E-state index contributed by atoms with van der Waals surface area (Å²) in [5, 5.41) is 9.98. The fourth-order valence-electron chi connectivity index (χ4n) is 1.70. The summed E-state index contributed by atoms with van der Waals surface area (Å²) < 4.78 is 14.2. The van der Waals surface area contributed by atoms with E-state index in [1.165, 1.54) is 6.07 Å². The molecule has 0 saturated carbocycles. The summed E-state index contributed by atoms with van der Waals surface area (Å²) in [6.45, 7) is 3.75. The van der Waals surface area contributed by atoms with Crippen LogP contribution in [0, 0.1) is 5.82 Å². The van der Waals surface area contributed by atoms with Crippen molar-refractivity contribution < 1.29 is 9.50 Å². The SMILES string of the molecule is CCCC(C)(O)Cc1ccc(Br)cc1F. The molecule has 1 aromatic rings. The van der Waals surface area contributed by atoms with E-state index in [1.54, 1.807) is 19.1 Å². The third-order valence-electron chi connectivity index (χ3n) is 2.37. The zero-order valence-electron chi connectivity index (χ0n) is 9.06. The molecule has 0 aliphatic rings. The third-order valence-corrected chi connectivity index (χ3v) is 2.87. The number of aliphatic hydroxyl groups is 1. The Morgan fingerprint density at radius 3 is 2.67 bits per heavy atom. The third kappa shape index (κ3) is 3.92. The van der Waals surface area contributed by atoms with Crippen LogP contribution < -0.4 is 0 Å². The first-order chi connectivity index (χ1) is 6.94. The first-order valence-electron chi connectivity index (χ1n) is 5.11. The first-order valence-corrected chi connectivity index (χ1v) is 5.90. The van der Waals surface area contributed by atoms with Gasteiger partial charge in [-0.25, -0.2) is 4.39 Å². The molecule has 0 aliphatic carbocycles. The van der Waals surface area contributed by atoms with E-state index in [0.29, 0.717) is 18.4 Å². The molecule has 1 aromatic carbocycles. The Hall–Kier alpha value is -0.410. The highest BCUT2D eigenvalue weighted by Gasteiger charge is 2.21. The van der Waals surface area contributed by atoms with Crippen molar-refractivity contribution in [2.24, 2.45) is 0 Å². The lowest BCUT2D eigenvalue weighted by Gasteiger charge is -2.22. The Morgan fingerprint density at radius 1 is 1.47 bits per heavy atom. The van der Waals surface area contributed by atoms with Gasteiger partial charge in [0, 0.05) is 10.9 Å². The topological polar surface area (TPSA) is 20.2 Å². The molecule has 0 fully saturated rings. The van der Waals surface area contributed by atoms with Crippen molar-refractivity contribution in [2.45, 2.75) is 38.7 Å². The van der Waals surface area contributed by atoms with Gasteiger partial charge in [-0.1, -0.05) is 35.3 Å². The van der Waals surface area contributed by atoms with E-state index in [1.807, 2.05) is 6.92 Å². The average Bonchev–Trinajstić information content (AvgIpc) is 2.09. The van der Waals surface area contributed by atoms with Crippen molar-refractivity contribution in [1.29, 1.82) is 0 Å². The predicted molar refractivity (Wildman–Crippen MR) is 63.3 cm³/mol. The highest BCUT2D eigenvalue weighted by molar-refractivity contribution is 9.10. The highest BCUT2D eigenvalue weighted by Crippen LogP contribution is 2.22. The van der Waals surface area contributed by atoms with Gasteiger partial charge in [0.15, 0.2) is 0 Å². The summed E-state index contributed by atoms with van der Waals surface area (Å²) in [7, 11) is 0. The maximum absolute atomic E-state index is 13.5. The summed E-state index contributed by atoms with van der Waals surface area (Å²) in [5.41, 5.74) is -0.250. The predicted octanol–water partition coefficient (Wildman–Crippen LogP) is 3.68. The molecular formula is C12H16BrFO. The van der Waals surface area contributed by atoms with Gasteiger partial charge in [-0.15, -0.1) is 0 Å². The number of halogens is 2. The maximum atomic E-state index is 13.5. The van der Waals surface area contributed by atoms with Gasteiger partial charge in [0.25, 0.3) is 0 Å². The van der Waals surface area contributed by atoms with Crippen LogP contribution in [-0.4, -0.2) is 10.7 Å². The van der Waals surface area contributed by atoms with E-state index >= 15 is 0 Å². The lowest BCUT2D eigenvalue weighted by Crippen LogP contribution is -2.27. The molecule has 0 heterocycles. The Labute approximate surface area is 98.4 Å². The molecule has 0 radical (unpaired) electrons. The minimum absolute atomic E-state index is 0.263. The monoisotopic (exact) mass is 274 g/mol. The van der Waals surface area contributed by atoms with Crippen LogP contribution in [0.5, 0.6) is 0 Å². The smallest absolute Gasteiger partial charge is 0.127 e. The molecule has 15 heavy (non-hydrogen) atoms. The Balaban J connectivity index is 2.80. The summed E-state index contributed by atoms with van der Waals surface area (Å²) in [6.07, 6.45) is 1.94. The summed E-state index contributed by atoms with van der Waals surface area (Å²) in [4.78, 5) is 0. The van der Waals surface area contributed by atoms with Crippen molar-refractivity contribution in [3.63, 3.8) is 0 Å². The van der Waals surface area contributed by atoms with E-state index in [-0.39, 0.29) is 5.82 Å². The molecule has 1 unspecified atom stereocenters. The van der Waals surface area contributed by atoms with Crippen LogP contribution in [0.25, 0.3) is 0 Å². The molecule has 0 saturated heterocycles. The number of rotatable bonds is 4. The second-order valence-electron chi connectivity index (χ2n) is 4.16. The zero-order chi connectivity index (χ0) is 11.5. The van der Waals surface area contributed by atoms with Crippen molar-refractivity contribution in [3.8, 4) is 0 Å². The Morgan fingerprint density at radius 2 is 2.13 bits per heavy atom. The lowest BCUT2D eigenvalue weighted by atomic mass is 9.92. The molecule has 0 spiro atoms. The molecule has 1 N–H and O–H groups in total. The van der Waals surface area contributed by atoms with Crippen molar-refractivity contribution >= 4 is 15.9 Å². The molecule has 0 aromatic heterocycles. The normalized spacial score (nSPS) is 15.0.